The van der Waals surface area contributed by atoms with Gasteiger partial charge in [-0.05, 0) is 49.3 Å². The van der Waals surface area contributed by atoms with Crippen molar-refractivity contribution in [2.45, 2.75) is 51.7 Å². The zero-order chi connectivity index (χ0) is 22.7. The van der Waals surface area contributed by atoms with Crippen molar-refractivity contribution in [1.82, 2.24) is 10.6 Å². The van der Waals surface area contributed by atoms with Crippen LogP contribution in [0.5, 0.6) is 11.5 Å². The molecule has 1 aromatic rings. The summed E-state index contributed by atoms with van der Waals surface area (Å²) in [6.07, 6.45) is 1.45. The Morgan fingerprint density at radius 2 is 1.87 bits per heavy atom. The quantitative estimate of drug-likeness (QED) is 0.393. The predicted octanol–water partition coefficient (Wildman–Crippen LogP) is 4.29. The van der Waals surface area contributed by atoms with Gasteiger partial charge in [0.15, 0.2) is 24.1 Å². The van der Waals surface area contributed by atoms with Crippen LogP contribution in [0.25, 0.3) is 0 Å². The molecule has 1 fully saturated rings. The number of nitrogens with one attached hydrogen (secondary N) is 2. The highest BCUT2D eigenvalue weighted by Crippen LogP contribution is 2.40. The van der Waals surface area contributed by atoms with Crippen molar-refractivity contribution < 1.29 is 27.4 Å². The normalized spacial score (nSPS) is 16.3. The topological polar surface area (TPSA) is 64.1 Å². The number of hydrogen-bond donors (Lipinski definition) is 2. The standard InChI is InChI=1S/C22H34F3N3O3/c1-4-26-20(28-15-21(11-12-29-2)9-5-6-10-21)27-14-17-7-8-18(19(13-17)30-3)31-16-22(23,24)25/h7-8,13H,4-6,9-12,14-16H2,1-3H3,(H2,26,27,28). The van der Waals surface area contributed by atoms with Gasteiger partial charge in [0.25, 0.3) is 0 Å². The van der Waals surface area contributed by atoms with Crippen molar-refractivity contribution in [3.8, 4) is 11.5 Å². The molecule has 0 heterocycles. The van der Waals surface area contributed by atoms with Gasteiger partial charge in [0, 0.05) is 26.8 Å². The Balaban J connectivity index is 2.02. The van der Waals surface area contributed by atoms with Gasteiger partial charge in [-0.1, -0.05) is 18.9 Å². The molecule has 6 nitrogen and oxygen atoms in total. The molecule has 1 saturated carbocycles. The maximum absolute atomic E-state index is 12.4. The molecule has 0 saturated heterocycles. The van der Waals surface area contributed by atoms with Crippen molar-refractivity contribution in [2.24, 2.45) is 10.4 Å². The maximum atomic E-state index is 12.4. The second kappa shape index (κ2) is 12.0. The van der Waals surface area contributed by atoms with E-state index in [1.165, 1.54) is 38.9 Å². The van der Waals surface area contributed by atoms with Gasteiger partial charge in [0.2, 0.25) is 0 Å². The molecule has 0 unspecified atom stereocenters. The highest BCUT2D eigenvalue weighted by atomic mass is 19.4. The number of benzene rings is 1. The fraction of sp³-hybridized carbons (Fsp3) is 0.682. The van der Waals surface area contributed by atoms with Crippen molar-refractivity contribution in [3.05, 3.63) is 23.8 Å². The zero-order valence-corrected chi connectivity index (χ0v) is 18.6. The number of nitrogens with zero attached hydrogens (tertiary/aromatic N) is 1. The Labute approximate surface area is 182 Å². The third-order valence-corrected chi connectivity index (χ3v) is 5.51. The Hall–Kier alpha value is -2.16. The smallest absolute Gasteiger partial charge is 0.422 e. The molecule has 0 aliphatic heterocycles. The number of methoxy groups -OCH3 is 2. The lowest BCUT2D eigenvalue weighted by molar-refractivity contribution is -0.153. The molecule has 0 spiro atoms. The monoisotopic (exact) mass is 445 g/mol. The lowest BCUT2D eigenvalue weighted by atomic mass is 9.83. The molecule has 176 valence electrons. The summed E-state index contributed by atoms with van der Waals surface area (Å²) in [7, 11) is 3.13. The number of rotatable bonds is 11. The summed E-state index contributed by atoms with van der Waals surface area (Å²) < 4.78 is 52.6. The van der Waals surface area contributed by atoms with Crippen LogP contribution in [0.3, 0.4) is 0 Å². The summed E-state index contributed by atoms with van der Waals surface area (Å²) in [5.41, 5.74) is 1.04. The summed E-state index contributed by atoms with van der Waals surface area (Å²) in [6, 6.07) is 4.82. The molecule has 0 bridgehead atoms. The van der Waals surface area contributed by atoms with Crippen LogP contribution in [-0.4, -0.2) is 52.7 Å². The molecular weight excluding hydrogens is 411 g/mol. The molecule has 1 aliphatic carbocycles. The highest BCUT2D eigenvalue weighted by Gasteiger charge is 2.33. The molecule has 0 amide bonds. The van der Waals surface area contributed by atoms with Gasteiger partial charge in [0.05, 0.1) is 13.7 Å². The number of guanidine groups is 1. The molecule has 0 radical (unpaired) electrons. The van der Waals surface area contributed by atoms with E-state index < -0.39 is 12.8 Å². The van der Waals surface area contributed by atoms with Gasteiger partial charge in [-0.25, -0.2) is 4.99 Å². The first-order valence-electron chi connectivity index (χ1n) is 10.7. The van der Waals surface area contributed by atoms with Gasteiger partial charge in [0.1, 0.15) is 0 Å². The van der Waals surface area contributed by atoms with E-state index in [1.54, 1.807) is 19.2 Å². The van der Waals surface area contributed by atoms with Gasteiger partial charge >= 0.3 is 6.18 Å². The Morgan fingerprint density at radius 1 is 1.13 bits per heavy atom. The molecule has 0 atom stereocenters. The third kappa shape index (κ3) is 8.47. The highest BCUT2D eigenvalue weighted by molar-refractivity contribution is 5.79. The summed E-state index contributed by atoms with van der Waals surface area (Å²) in [5, 5.41) is 6.72. The Bertz CT molecular complexity index is 705. The largest absolute Gasteiger partial charge is 0.493 e. The molecule has 0 aromatic heterocycles. The first kappa shape index (κ1) is 25.1. The summed E-state index contributed by atoms with van der Waals surface area (Å²) in [4.78, 5) is 4.63. The SMILES string of the molecule is CCNC(=NCc1ccc(OCC(F)(F)F)c(OC)c1)NCC1(CCOC)CCCC1. The van der Waals surface area contributed by atoms with Gasteiger partial charge < -0.3 is 24.8 Å². The minimum atomic E-state index is -4.40. The molecular formula is C22H34F3N3O3. The maximum Gasteiger partial charge on any atom is 0.422 e. The van der Waals surface area contributed by atoms with E-state index in [9.17, 15) is 13.2 Å². The molecule has 2 N–H and O–H groups in total. The molecule has 1 aromatic carbocycles. The lowest BCUT2D eigenvalue weighted by Gasteiger charge is -2.30. The molecule has 1 aliphatic rings. The number of ether oxygens (including phenoxy) is 3. The van der Waals surface area contributed by atoms with E-state index in [-0.39, 0.29) is 16.9 Å². The van der Waals surface area contributed by atoms with E-state index in [2.05, 4.69) is 15.6 Å². The van der Waals surface area contributed by atoms with Crippen molar-refractivity contribution in [1.29, 1.82) is 0 Å². The first-order chi connectivity index (χ1) is 14.8. The van der Waals surface area contributed by atoms with E-state index in [1.807, 2.05) is 6.92 Å². The Kier molecular flexibility index (Phi) is 9.74. The van der Waals surface area contributed by atoms with Gasteiger partial charge in [-0.15, -0.1) is 0 Å². The van der Waals surface area contributed by atoms with Crippen molar-refractivity contribution in [2.75, 3.05) is 40.5 Å². The van der Waals surface area contributed by atoms with Crippen LogP contribution in [0, 0.1) is 5.41 Å². The van der Waals surface area contributed by atoms with Crippen molar-refractivity contribution in [3.63, 3.8) is 0 Å². The van der Waals surface area contributed by atoms with E-state index in [0.717, 1.165) is 31.7 Å². The van der Waals surface area contributed by atoms with E-state index in [0.29, 0.717) is 12.5 Å². The number of halogens is 3. The second-order valence-electron chi connectivity index (χ2n) is 7.89. The number of hydrogen-bond acceptors (Lipinski definition) is 4. The predicted molar refractivity (Wildman–Crippen MR) is 115 cm³/mol. The number of alkyl halides is 3. The van der Waals surface area contributed by atoms with Crippen LogP contribution in [0.1, 0.15) is 44.6 Å². The molecule has 2 rings (SSSR count). The fourth-order valence-corrected chi connectivity index (χ4v) is 3.83. The van der Waals surface area contributed by atoms with Crippen LogP contribution < -0.4 is 20.1 Å². The van der Waals surface area contributed by atoms with E-state index in [4.69, 9.17) is 14.2 Å². The van der Waals surface area contributed by atoms with Crippen LogP contribution >= 0.6 is 0 Å². The van der Waals surface area contributed by atoms with Crippen LogP contribution in [0.15, 0.2) is 23.2 Å². The average Bonchev–Trinajstić information content (AvgIpc) is 3.21. The fourth-order valence-electron chi connectivity index (χ4n) is 3.83. The summed E-state index contributed by atoms with van der Waals surface area (Å²) in [5.74, 6) is 1.01. The Morgan fingerprint density at radius 3 is 2.48 bits per heavy atom. The van der Waals surface area contributed by atoms with Crippen LogP contribution in [0.4, 0.5) is 13.2 Å². The van der Waals surface area contributed by atoms with Crippen LogP contribution in [-0.2, 0) is 11.3 Å². The average molecular weight is 446 g/mol. The summed E-state index contributed by atoms with van der Waals surface area (Å²) >= 11 is 0. The minimum absolute atomic E-state index is 0.0545. The van der Waals surface area contributed by atoms with Crippen LogP contribution in [0.2, 0.25) is 0 Å². The van der Waals surface area contributed by atoms with E-state index >= 15 is 0 Å². The summed E-state index contributed by atoms with van der Waals surface area (Å²) in [6.45, 7) is 3.30. The lowest BCUT2D eigenvalue weighted by Crippen LogP contribution is -2.43. The first-order valence-corrected chi connectivity index (χ1v) is 10.7. The second-order valence-corrected chi connectivity index (χ2v) is 7.89. The zero-order valence-electron chi connectivity index (χ0n) is 18.6. The van der Waals surface area contributed by atoms with Crippen molar-refractivity contribution >= 4 is 5.96 Å². The molecule has 31 heavy (non-hydrogen) atoms. The van der Waals surface area contributed by atoms with Gasteiger partial charge in [-0.3, -0.25) is 0 Å². The number of aliphatic imine (C=N–C) groups is 1. The minimum Gasteiger partial charge on any atom is -0.493 e. The third-order valence-electron chi connectivity index (χ3n) is 5.51. The molecule has 9 heteroatoms. The van der Waals surface area contributed by atoms with Gasteiger partial charge in [-0.2, -0.15) is 13.2 Å².